The van der Waals surface area contributed by atoms with Crippen LogP contribution in [0.1, 0.15) is 52.0 Å². The summed E-state index contributed by atoms with van der Waals surface area (Å²) in [5, 5.41) is 19.7. The molecule has 2 N–H and O–H groups in total. The molecule has 4 nitrogen and oxygen atoms in total. The second-order valence-electron chi connectivity index (χ2n) is 6.83. The molecule has 1 aromatic rings. The molecule has 0 fully saturated rings. The van der Waals surface area contributed by atoms with Gasteiger partial charge in [-0.15, -0.1) is 0 Å². The predicted molar refractivity (Wildman–Crippen MR) is 91.8 cm³/mol. The Labute approximate surface area is 139 Å². The van der Waals surface area contributed by atoms with Gasteiger partial charge in [0.2, 0.25) is 0 Å². The Morgan fingerprint density at radius 1 is 1.22 bits per heavy atom. The number of benzene rings is 1. The van der Waals surface area contributed by atoms with E-state index in [-0.39, 0.29) is 18.0 Å². The molecule has 1 aromatic carbocycles. The van der Waals surface area contributed by atoms with Gasteiger partial charge in [0.05, 0.1) is 7.11 Å². The van der Waals surface area contributed by atoms with Crippen LogP contribution in [0.15, 0.2) is 18.2 Å². The number of aromatic hydroxyl groups is 1. The summed E-state index contributed by atoms with van der Waals surface area (Å²) >= 11 is 0. The molecule has 0 amide bonds. The number of hydrogen-bond donors (Lipinski definition) is 2. The highest BCUT2D eigenvalue weighted by Crippen LogP contribution is 2.27. The minimum Gasteiger partial charge on any atom is -0.504 e. The Morgan fingerprint density at radius 3 is 2.52 bits per heavy atom. The van der Waals surface area contributed by atoms with Crippen molar-refractivity contribution < 1.29 is 19.7 Å². The highest BCUT2D eigenvalue weighted by Gasteiger charge is 2.19. The number of aliphatic hydroxyl groups excluding tert-OH is 1. The van der Waals surface area contributed by atoms with Gasteiger partial charge in [-0.2, -0.15) is 0 Å². The molecule has 0 aliphatic heterocycles. The Hall–Kier alpha value is -1.55. The Bertz CT molecular complexity index is 496. The van der Waals surface area contributed by atoms with Crippen molar-refractivity contribution in [3.63, 3.8) is 0 Å². The van der Waals surface area contributed by atoms with E-state index >= 15 is 0 Å². The summed E-state index contributed by atoms with van der Waals surface area (Å²) in [5.74, 6) is 1.23. The Morgan fingerprint density at radius 2 is 1.91 bits per heavy atom. The molecule has 0 spiro atoms. The highest BCUT2D eigenvalue weighted by molar-refractivity contribution is 5.85. The summed E-state index contributed by atoms with van der Waals surface area (Å²) in [6.07, 6.45) is 3.08. The first-order chi connectivity index (χ1) is 10.8. The van der Waals surface area contributed by atoms with Crippen LogP contribution in [0, 0.1) is 11.8 Å². The zero-order valence-electron chi connectivity index (χ0n) is 14.7. The molecule has 1 rings (SSSR count). The van der Waals surface area contributed by atoms with Crippen LogP contribution < -0.4 is 4.74 Å². The third-order valence-corrected chi connectivity index (χ3v) is 4.10. The van der Waals surface area contributed by atoms with Crippen molar-refractivity contribution in [1.29, 1.82) is 0 Å². The van der Waals surface area contributed by atoms with Crippen LogP contribution in [0.25, 0.3) is 0 Å². The Balaban J connectivity index is 2.47. The maximum atomic E-state index is 12.2. The standard InChI is InChI=1S/C19H30O4/c1-13(2)6-5-7-14(3)10-17(21)18(22)11-15-8-9-16(20)19(12-15)23-4/h8-9,12-14,17,20-21H,5-7,10-11H2,1-4H3/t14-,17?/m1/s1. The van der Waals surface area contributed by atoms with Crippen molar-refractivity contribution >= 4 is 5.78 Å². The van der Waals surface area contributed by atoms with Gasteiger partial charge in [0.25, 0.3) is 0 Å². The summed E-state index contributed by atoms with van der Waals surface area (Å²) in [5.41, 5.74) is 0.733. The van der Waals surface area contributed by atoms with Gasteiger partial charge in [0.15, 0.2) is 17.3 Å². The molecule has 0 heterocycles. The summed E-state index contributed by atoms with van der Waals surface area (Å²) in [4.78, 5) is 12.2. The largest absolute Gasteiger partial charge is 0.504 e. The van der Waals surface area contributed by atoms with Crippen LogP contribution in [0.2, 0.25) is 0 Å². The summed E-state index contributed by atoms with van der Waals surface area (Å²) in [6.45, 7) is 6.49. The van der Waals surface area contributed by atoms with Crippen molar-refractivity contribution in [2.45, 2.75) is 59.0 Å². The van der Waals surface area contributed by atoms with Crippen molar-refractivity contribution in [1.82, 2.24) is 0 Å². The van der Waals surface area contributed by atoms with E-state index in [0.29, 0.717) is 24.0 Å². The number of carbonyl (C=O) groups is 1. The summed E-state index contributed by atoms with van der Waals surface area (Å²) < 4.78 is 5.03. The lowest BCUT2D eigenvalue weighted by atomic mass is 9.92. The molecule has 4 heteroatoms. The van der Waals surface area contributed by atoms with E-state index in [2.05, 4.69) is 20.8 Å². The smallest absolute Gasteiger partial charge is 0.165 e. The predicted octanol–water partition coefficient (Wildman–Crippen LogP) is 3.73. The van der Waals surface area contributed by atoms with Gasteiger partial charge in [0.1, 0.15) is 6.10 Å². The number of aliphatic hydroxyl groups is 1. The van der Waals surface area contributed by atoms with Gasteiger partial charge in [0, 0.05) is 6.42 Å². The second-order valence-corrected chi connectivity index (χ2v) is 6.83. The number of Topliss-reactive ketones (excluding diaryl/α,β-unsaturated/α-hetero) is 1. The number of methoxy groups -OCH3 is 1. The first kappa shape index (κ1) is 19.5. The van der Waals surface area contributed by atoms with E-state index < -0.39 is 6.10 Å². The van der Waals surface area contributed by atoms with Crippen molar-refractivity contribution in [2.24, 2.45) is 11.8 Å². The molecule has 0 saturated heterocycles. The normalized spacial score (nSPS) is 13.8. The van der Waals surface area contributed by atoms with E-state index in [0.717, 1.165) is 18.4 Å². The molecular formula is C19H30O4. The first-order valence-corrected chi connectivity index (χ1v) is 8.40. The molecule has 0 aromatic heterocycles. The number of ether oxygens (including phenoxy) is 1. The van der Waals surface area contributed by atoms with E-state index in [4.69, 9.17) is 4.74 Å². The van der Waals surface area contributed by atoms with Crippen LogP contribution in [-0.4, -0.2) is 29.2 Å². The summed E-state index contributed by atoms with van der Waals surface area (Å²) in [7, 11) is 1.47. The van der Waals surface area contributed by atoms with Gasteiger partial charge in [-0.1, -0.05) is 46.1 Å². The number of rotatable bonds is 10. The fourth-order valence-electron chi connectivity index (χ4n) is 2.66. The molecule has 23 heavy (non-hydrogen) atoms. The zero-order chi connectivity index (χ0) is 17.4. The molecule has 1 unspecified atom stereocenters. The fraction of sp³-hybridized carbons (Fsp3) is 0.632. The third kappa shape index (κ3) is 7.04. The fourth-order valence-corrected chi connectivity index (χ4v) is 2.66. The van der Waals surface area contributed by atoms with Crippen LogP contribution in [0.4, 0.5) is 0 Å². The molecule has 0 aliphatic rings. The molecule has 0 radical (unpaired) electrons. The SMILES string of the molecule is COc1cc(CC(=O)C(O)C[C@H](C)CCCC(C)C)ccc1O. The molecular weight excluding hydrogens is 292 g/mol. The number of carbonyl (C=O) groups excluding carboxylic acids is 1. The van der Waals surface area contributed by atoms with E-state index in [1.54, 1.807) is 12.1 Å². The topological polar surface area (TPSA) is 66.8 Å². The molecule has 0 saturated carbocycles. The summed E-state index contributed by atoms with van der Waals surface area (Å²) in [6, 6.07) is 4.81. The van der Waals surface area contributed by atoms with Gasteiger partial charge >= 0.3 is 0 Å². The number of phenolic OH excluding ortho intramolecular Hbond substituents is 1. The van der Waals surface area contributed by atoms with Gasteiger partial charge in [-0.05, 0) is 36.0 Å². The average molecular weight is 322 g/mol. The van der Waals surface area contributed by atoms with Gasteiger partial charge < -0.3 is 14.9 Å². The Kier molecular flexibility index (Phi) is 8.10. The minimum absolute atomic E-state index is 0.0445. The minimum atomic E-state index is -0.927. The third-order valence-electron chi connectivity index (χ3n) is 4.10. The average Bonchev–Trinajstić information content (AvgIpc) is 2.48. The van der Waals surface area contributed by atoms with E-state index in [1.807, 2.05) is 0 Å². The van der Waals surface area contributed by atoms with E-state index in [9.17, 15) is 15.0 Å². The molecule has 0 bridgehead atoms. The zero-order valence-corrected chi connectivity index (χ0v) is 14.7. The van der Waals surface area contributed by atoms with Gasteiger partial charge in [-0.25, -0.2) is 0 Å². The van der Waals surface area contributed by atoms with Crippen LogP contribution in [0.5, 0.6) is 11.5 Å². The van der Waals surface area contributed by atoms with Crippen molar-refractivity contribution in [3.8, 4) is 11.5 Å². The molecule has 0 aliphatic carbocycles. The maximum absolute atomic E-state index is 12.2. The molecule has 2 atom stereocenters. The monoisotopic (exact) mass is 322 g/mol. The number of phenols is 1. The number of hydrogen-bond acceptors (Lipinski definition) is 4. The highest BCUT2D eigenvalue weighted by atomic mass is 16.5. The maximum Gasteiger partial charge on any atom is 0.165 e. The van der Waals surface area contributed by atoms with Crippen molar-refractivity contribution in [3.05, 3.63) is 23.8 Å². The first-order valence-electron chi connectivity index (χ1n) is 8.40. The lowest BCUT2D eigenvalue weighted by molar-refractivity contribution is -0.127. The quantitative estimate of drug-likeness (QED) is 0.689. The van der Waals surface area contributed by atoms with Crippen LogP contribution >= 0.6 is 0 Å². The second kappa shape index (κ2) is 9.56. The van der Waals surface area contributed by atoms with Crippen LogP contribution in [0.3, 0.4) is 0 Å². The molecule has 130 valence electrons. The number of ketones is 1. The lowest BCUT2D eigenvalue weighted by Gasteiger charge is -2.16. The van der Waals surface area contributed by atoms with Crippen LogP contribution in [-0.2, 0) is 11.2 Å². The van der Waals surface area contributed by atoms with Crippen molar-refractivity contribution in [2.75, 3.05) is 7.11 Å². The van der Waals surface area contributed by atoms with Gasteiger partial charge in [-0.3, -0.25) is 4.79 Å². The lowest BCUT2D eigenvalue weighted by Crippen LogP contribution is -2.24. The van der Waals surface area contributed by atoms with E-state index in [1.165, 1.54) is 19.6 Å².